The van der Waals surface area contributed by atoms with Gasteiger partial charge in [-0.05, 0) is 31.4 Å². The predicted molar refractivity (Wildman–Crippen MR) is 80.5 cm³/mol. The fourth-order valence-corrected chi connectivity index (χ4v) is 3.02. The first-order chi connectivity index (χ1) is 10.3. The molecule has 0 aliphatic heterocycles. The largest absolute Gasteiger partial charge is 0.289 e. The standard InChI is InChI=1S/C17H15N3O/c1-2-20-17-12(10-18-20)9-14-15(19-17)8-7-11-5-3-4-6-13(11)16(14)21/h3-6,9-10H,2,7-8H2,1H3. The van der Waals surface area contributed by atoms with Crippen LogP contribution in [-0.2, 0) is 19.4 Å². The molecular formula is C17H15N3O. The van der Waals surface area contributed by atoms with Crippen molar-refractivity contribution in [3.63, 3.8) is 0 Å². The third kappa shape index (κ3) is 1.79. The molecule has 0 unspecified atom stereocenters. The minimum absolute atomic E-state index is 0.0803. The molecule has 4 rings (SSSR count). The zero-order valence-electron chi connectivity index (χ0n) is 11.8. The number of pyridine rings is 1. The molecule has 0 N–H and O–H groups in total. The SMILES string of the molecule is CCn1ncc2cc3c(nc21)CCc1ccccc1C3=O. The molecule has 4 heteroatoms. The van der Waals surface area contributed by atoms with Gasteiger partial charge in [0, 0.05) is 23.1 Å². The molecule has 0 fully saturated rings. The lowest BCUT2D eigenvalue weighted by Crippen LogP contribution is -2.06. The highest BCUT2D eigenvalue weighted by molar-refractivity contribution is 6.12. The van der Waals surface area contributed by atoms with Crippen LogP contribution in [0.2, 0.25) is 0 Å². The zero-order chi connectivity index (χ0) is 14.4. The fourth-order valence-electron chi connectivity index (χ4n) is 3.02. The number of hydrogen-bond acceptors (Lipinski definition) is 3. The highest BCUT2D eigenvalue weighted by atomic mass is 16.1. The minimum Gasteiger partial charge on any atom is -0.289 e. The van der Waals surface area contributed by atoms with Gasteiger partial charge in [-0.1, -0.05) is 24.3 Å². The molecular weight excluding hydrogens is 262 g/mol. The summed E-state index contributed by atoms with van der Waals surface area (Å²) in [5.74, 6) is 0.0803. The molecule has 2 aromatic heterocycles. The Labute approximate surface area is 122 Å². The molecule has 4 nitrogen and oxygen atoms in total. The average molecular weight is 277 g/mol. The van der Waals surface area contributed by atoms with Crippen molar-refractivity contribution in [2.24, 2.45) is 0 Å². The van der Waals surface area contributed by atoms with Crippen LogP contribution < -0.4 is 0 Å². The first kappa shape index (κ1) is 12.3. The number of nitrogens with zero attached hydrogens (tertiary/aromatic N) is 3. The lowest BCUT2D eigenvalue weighted by atomic mass is 10.00. The van der Waals surface area contributed by atoms with E-state index >= 15 is 0 Å². The molecule has 0 saturated heterocycles. The van der Waals surface area contributed by atoms with Crippen LogP contribution in [0.15, 0.2) is 36.5 Å². The summed E-state index contributed by atoms with van der Waals surface area (Å²) in [7, 11) is 0. The number of benzene rings is 1. The lowest BCUT2D eigenvalue weighted by molar-refractivity contribution is 0.103. The summed E-state index contributed by atoms with van der Waals surface area (Å²) >= 11 is 0. The third-order valence-corrected chi connectivity index (χ3v) is 4.13. The summed E-state index contributed by atoms with van der Waals surface area (Å²) in [5.41, 5.74) is 4.40. The van der Waals surface area contributed by atoms with Gasteiger partial charge in [0.05, 0.1) is 11.9 Å². The molecule has 0 spiro atoms. The molecule has 0 bridgehead atoms. The van der Waals surface area contributed by atoms with Gasteiger partial charge < -0.3 is 0 Å². The summed E-state index contributed by atoms with van der Waals surface area (Å²) < 4.78 is 1.87. The molecule has 0 radical (unpaired) electrons. The number of aryl methyl sites for hydroxylation is 3. The van der Waals surface area contributed by atoms with Crippen molar-refractivity contribution in [3.8, 4) is 0 Å². The first-order valence-corrected chi connectivity index (χ1v) is 7.26. The van der Waals surface area contributed by atoms with E-state index in [9.17, 15) is 4.79 Å². The van der Waals surface area contributed by atoms with Crippen LogP contribution in [0.3, 0.4) is 0 Å². The van der Waals surface area contributed by atoms with Gasteiger partial charge in [-0.2, -0.15) is 5.10 Å². The van der Waals surface area contributed by atoms with Gasteiger partial charge in [-0.3, -0.25) is 4.79 Å². The molecule has 1 aliphatic carbocycles. The van der Waals surface area contributed by atoms with E-state index in [0.717, 1.165) is 52.8 Å². The number of carbonyl (C=O) groups is 1. The van der Waals surface area contributed by atoms with Crippen LogP contribution in [-0.4, -0.2) is 20.5 Å². The van der Waals surface area contributed by atoms with Crippen molar-refractivity contribution in [3.05, 3.63) is 58.9 Å². The summed E-state index contributed by atoms with van der Waals surface area (Å²) in [5, 5.41) is 5.25. The number of ketones is 1. The molecule has 2 heterocycles. The smallest absolute Gasteiger partial charge is 0.195 e. The Morgan fingerprint density at radius 3 is 2.90 bits per heavy atom. The number of aromatic nitrogens is 3. The summed E-state index contributed by atoms with van der Waals surface area (Å²) in [6.07, 6.45) is 3.44. The Hall–Kier alpha value is -2.49. The fraction of sp³-hybridized carbons (Fsp3) is 0.235. The Balaban J connectivity index is 1.95. The highest BCUT2D eigenvalue weighted by Gasteiger charge is 2.23. The van der Waals surface area contributed by atoms with Crippen molar-refractivity contribution < 1.29 is 4.79 Å². The maximum atomic E-state index is 12.8. The van der Waals surface area contributed by atoms with Crippen LogP contribution in [0.1, 0.15) is 34.1 Å². The van der Waals surface area contributed by atoms with E-state index in [1.54, 1.807) is 6.20 Å². The van der Waals surface area contributed by atoms with Crippen LogP contribution in [0.25, 0.3) is 11.0 Å². The zero-order valence-corrected chi connectivity index (χ0v) is 11.8. The Morgan fingerprint density at radius 2 is 2.05 bits per heavy atom. The van der Waals surface area contributed by atoms with Gasteiger partial charge in [-0.15, -0.1) is 0 Å². The monoisotopic (exact) mass is 277 g/mol. The molecule has 0 atom stereocenters. The second kappa shape index (κ2) is 4.52. The molecule has 0 amide bonds. The molecule has 21 heavy (non-hydrogen) atoms. The topological polar surface area (TPSA) is 47.8 Å². The minimum atomic E-state index is 0.0803. The van der Waals surface area contributed by atoms with Gasteiger partial charge in [0.25, 0.3) is 0 Å². The van der Waals surface area contributed by atoms with Crippen LogP contribution in [0, 0.1) is 0 Å². The molecule has 1 aromatic carbocycles. The molecule has 3 aromatic rings. The number of carbonyl (C=O) groups excluding carboxylic acids is 1. The van der Waals surface area contributed by atoms with E-state index in [2.05, 4.69) is 5.10 Å². The highest BCUT2D eigenvalue weighted by Crippen LogP contribution is 2.26. The number of hydrogen-bond donors (Lipinski definition) is 0. The van der Waals surface area contributed by atoms with E-state index in [1.165, 1.54) is 0 Å². The van der Waals surface area contributed by atoms with E-state index in [-0.39, 0.29) is 5.78 Å². The van der Waals surface area contributed by atoms with Crippen molar-refractivity contribution >= 4 is 16.8 Å². The first-order valence-electron chi connectivity index (χ1n) is 7.26. The van der Waals surface area contributed by atoms with Gasteiger partial charge in [0.2, 0.25) is 0 Å². The quantitative estimate of drug-likeness (QED) is 0.687. The predicted octanol–water partition coefficient (Wildman–Crippen LogP) is 2.78. The Morgan fingerprint density at radius 1 is 1.19 bits per heavy atom. The normalized spacial score (nSPS) is 13.9. The second-order valence-electron chi connectivity index (χ2n) is 5.34. The Bertz CT molecular complexity index is 864. The van der Waals surface area contributed by atoms with Crippen molar-refractivity contribution in [1.29, 1.82) is 0 Å². The van der Waals surface area contributed by atoms with E-state index in [0.29, 0.717) is 0 Å². The van der Waals surface area contributed by atoms with E-state index in [1.807, 2.05) is 41.9 Å². The van der Waals surface area contributed by atoms with Gasteiger partial charge in [0.15, 0.2) is 11.4 Å². The van der Waals surface area contributed by atoms with Crippen molar-refractivity contribution in [2.45, 2.75) is 26.3 Å². The molecule has 104 valence electrons. The summed E-state index contributed by atoms with van der Waals surface area (Å²) in [6.45, 7) is 2.82. The van der Waals surface area contributed by atoms with Gasteiger partial charge in [0.1, 0.15) is 0 Å². The van der Waals surface area contributed by atoms with Crippen LogP contribution in [0.4, 0.5) is 0 Å². The van der Waals surface area contributed by atoms with E-state index < -0.39 is 0 Å². The summed E-state index contributed by atoms with van der Waals surface area (Å²) in [6, 6.07) is 9.80. The number of rotatable bonds is 1. The van der Waals surface area contributed by atoms with Crippen LogP contribution in [0.5, 0.6) is 0 Å². The average Bonchev–Trinajstić information content (AvgIpc) is 2.87. The van der Waals surface area contributed by atoms with E-state index in [4.69, 9.17) is 4.98 Å². The Kier molecular flexibility index (Phi) is 2.64. The second-order valence-corrected chi connectivity index (χ2v) is 5.34. The maximum Gasteiger partial charge on any atom is 0.195 e. The maximum absolute atomic E-state index is 12.8. The van der Waals surface area contributed by atoms with Crippen LogP contribution >= 0.6 is 0 Å². The molecule has 0 saturated carbocycles. The third-order valence-electron chi connectivity index (χ3n) is 4.13. The number of fused-ring (bicyclic) bond motifs is 3. The van der Waals surface area contributed by atoms with Gasteiger partial charge in [-0.25, -0.2) is 9.67 Å². The molecule has 1 aliphatic rings. The summed E-state index contributed by atoms with van der Waals surface area (Å²) in [4.78, 5) is 17.5. The van der Waals surface area contributed by atoms with Gasteiger partial charge >= 0.3 is 0 Å². The lowest BCUT2D eigenvalue weighted by Gasteiger charge is -2.05. The van der Waals surface area contributed by atoms with Crippen molar-refractivity contribution in [1.82, 2.24) is 14.8 Å². The van der Waals surface area contributed by atoms with Crippen molar-refractivity contribution in [2.75, 3.05) is 0 Å².